The van der Waals surface area contributed by atoms with E-state index in [9.17, 15) is 14.9 Å². The van der Waals surface area contributed by atoms with Crippen LogP contribution in [0.2, 0.25) is 5.02 Å². The lowest BCUT2D eigenvalue weighted by atomic mass is 9.64. The van der Waals surface area contributed by atoms with Gasteiger partial charge in [0.25, 0.3) is 0 Å². The molecule has 0 saturated carbocycles. The maximum atomic E-state index is 14.1. The van der Waals surface area contributed by atoms with Crippen molar-refractivity contribution in [3.05, 3.63) is 81.8 Å². The second-order valence-electron chi connectivity index (χ2n) is 8.14. The molecule has 1 spiro atoms. The van der Waals surface area contributed by atoms with Gasteiger partial charge in [0, 0.05) is 39.7 Å². The molecular weight excluding hydrogens is 436 g/mol. The van der Waals surface area contributed by atoms with E-state index in [-0.39, 0.29) is 30.1 Å². The van der Waals surface area contributed by atoms with Crippen LogP contribution < -0.4 is 15.5 Å². The standard InChI is InChI=1S/C26H19ClN4O2/c1-2-14-30-20-7-4-3-6-18(20)26(25(30)33)19(15-28)24(29)31(17-12-10-16(27)11-13-17)21-8-5-9-22(32)23(21)26/h1,3-4,6-7,10-13H,5,8-9,14,29H2/t26-/m1/s1. The molecule has 162 valence electrons. The molecule has 0 unspecified atom stereocenters. The van der Waals surface area contributed by atoms with Crippen LogP contribution in [0.4, 0.5) is 11.4 Å². The van der Waals surface area contributed by atoms with Crippen LogP contribution >= 0.6 is 11.6 Å². The van der Waals surface area contributed by atoms with Gasteiger partial charge in [-0.1, -0.05) is 35.7 Å². The number of rotatable bonds is 2. The lowest BCUT2D eigenvalue weighted by Crippen LogP contribution is -2.52. The van der Waals surface area contributed by atoms with E-state index in [2.05, 4.69) is 12.0 Å². The number of amides is 1. The van der Waals surface area contributed by atoms with Gasteiger partial charge < -0.3 is 5.73 Å². The number of hydrogen-bond acceptors (Lipinski definition) is 5. The zero-order chi connectivity index (χ0) is 23.3. The molecule has 2 aromatic rings. The number of fused-ring (bicyclic) bond motifs is 3. The quantitative estimate of drug-likeness (QED) is 0.697. The minimum absolute atomic E-state index is 0.0217. The third kappa shape index (κ3) is 2.68. The van der Waals surface area contributed by atoms with Crippen LogP contribution in [0.1, 0.15) is 24.8 Å². The first-order valence-corrected chi connectivity index (χ1v) is 10.9. The number of benzene rings is 2. The van der Waals surface area contributed by atoms with Crippen LogP contribution in [0.5, 0.6) is 0 Å². The highest BCUT2D eigenvalue weighted by molar-refractivity contribution is 6.30. The predicted molar refractivity (Wildman–Crippen MR) is 126 cm³/mol. The zero-order valence-electron chi connectivity index (χ0n) is 17.6. The fourth-order valence-corrected chi connectivity index (χ4v) is 5.39. The molecule has 2 aromatic carbocycles. The van der Waals surface area contributed by atoms with Crippen LogP contribution in [0.15, 0.2) is 71.2 Å². The van der Waals surface area contributed by atoms with E-state index in [0.29, 0.717) is 46.1 Å². The number of nitriles is 1. The van der Waals surface area contributed by atoms with Crippen LogP contribution in [0.25, 0.3) is 0 Å². The largest absolute Gasteiger partial charge is 0.384 e. The molecule has 1 atom stereocenters. The van der Waals surface area contributed by atoms with Gasteiger partial charge in [-0.3, -0.25) is 19.4 Å². The predicted octanol–water partition coefficient (Wildman–Crippen LogP) is 3.78. The molecule has 1 amide bonds. The number of carbonyl (C=O) groups excluding carboxylic acids is 2. The molecule has 2 N–H and O–H groups in total. The molecule has 33 heavy (non-hydrogen) atoms. The Morgan fingerprint density at radius 3 is 2.55 bits per heavy atom. The summed E-state index contributed by atoms with van der Waals surface area (Å²) in [4.78, 5) is 30.8. The molecule has 0 fully saturated rings. The SMILES string of the molecule is C#CCN1C(=O)[C@@]2(C(C#N)=C(N)N(c3ccc(Cl)cc3)C3=C2C(=O)CCC3)c2ccccc21. The monoisotopic (exact) mass is 454 g/mol. The third-order valence-corrected chi connectivity index (χ3v) is 6.76. The number of allylic oxidation sites excluding steroid dienone is 1. The average molecular weight is 455 g/mol. The maximum absolute atomic E-state index is 14.1. The third-order valence-electron chi connectivity index (χ3n) is 6.51. The lowest BCUT2D eigenvalue weighted by molar-refractivity contribution is -0.124. The maximum Gasteiger partial charge on any atom is 0.248 e. The number of halogens is 1. The number of terminal acetylenes is 1. The molecule has 1 aliphatic carbocycles. The van der Waals surface area contributed by atoms with E-state index < -0.39 is 11.3 Å². The van der Waals surface area contributed by atoms with Crippen molar-refractivity contribution in [3.8, 4) is 18.4 Å². The Balaban J connectivity index is 1.88. The number of ketones is 1. The Morgan fingerprint density at radius 2 is 1.85 bits per heavy atom. The highest BCUT2D eigenvalue weighted by Gasteiger charge is 2.62. The van der Waals surface area contributed by atoms with E-state index in [1.54, 1.807) is 53.4 Å². The second kappa shape index (κ2) is 7.55. The van der Waals surface area contributed by atoms with Gasteiger partial charge in [-0.25, -0.2) is 0 Å². The summed E-state index contributed by atoms with van der Waals surface area (Å²) < 4.78 is 0. The molecule has 0 aromatic heterocycles. The first-order chi connectivity index (χ1) is 16.0. The highest BCUT2D eigenvalue weighted by atomic mass is 35.5. The summed E-state index contributed by atoms with van der Waals surface area (Å²) in [7, 11) is 0. The smallest absolute Gasteiger partial charge is 0.248 e. The van der Waals surface area contributed by atoms with Gasteiger partial charge >= 0.3 is 0 Å². The van der Waals surface area contributed by atoms with Crippen molar-refractivity contribution in [2.24, 2.45) is 5.73 Å². The lowest BCUT2D eigenvalue weighted by Gasteiger charge is -2.43. The van der Waals surface area contributed by atoms with Crippen molar-refractivity contribution in [1.82, 2.24) is 0 Å². The Bertz CT molecular complexity index is 1360. The fourth-order valence-electron chi connectivity index (χ4n) is 5.26. The van der Waals surface area contributed by atoms with Crippen molar-refractivity contribution in [2.75, 3.05) is 16.3 Å². The molecule has 2 heterocycles. The van der Waals surface area contributed by atoms with Crippen LogP contribution in [-0.4, -0.2) is 18.2 Å². The van der Waals surface area contributed by atoms with Crippen molar-refractivity contribution in [2.45, 2.75) is 24.7 Å². The highest BCUT2D eigenvalue weighted by Crippen LogP contribution is 2.56. The van der Waals surface area contributed by atoms with E-state index in [0.717, 1.165) is 0 Å². The number of hydrogen-bond donors (Lipinski definition) is 1. The number of nitrogens with zero attached hydrogens (tertiary/aromatic N) is 3. The summed E-state index contributed by atoms with van der Waals surface area (Å²) in [6, 6.07) is 16.3. The van der Waals surface area contributed by atoms with Crippen molar-refractivity contribution >= 4 is 34.7 Å². The van der Waals surface area contributed by atoms with Crippen LogP contribution in [-0.2, 0) is 15.0 Å². The summed E-state index contributed by atoms with van der Waals surface area (Å²) in [6.45, 7) is 0.0217. The Morgan fingerprint density at radius 1 is 1.12 bits per heavy atom. The van der Waals surface area contributed by atoms with E-state index in [1.807, 2.05) is 0 Å². The Labute approximate surface area is 196 Å². The molecule has 0 radical (unpaired) electrons. The van der Waals surface area contributed by atoms with Crippen molar-refractivity contribution in [3.63, 3.8) is 0 Å². The second-order valence-corrected chi connectivity index (χ2v) is 8.58. The Hall–Kier alpha value is -4.00. The minimum Gasteiger partial charge on any atom is -0.384 e. The van der Waals surface area contributed by atoms with Gasteiger partial charge in [-0.15, -0.1) is 6.42 Å². The topological polar surface area (TPSA) is 90.4 Å². The van der Waals surface area contributed by atoms with Gasteiger partial charge in [-0.2, -0.15) is 5.26 Å². The molecule has 3 aliphatic rings. The van der Waals surface area contributed by atoms with Crippen LogP contribution in [0.3, 0.4) is 0 Å². The van der Waals surface area contributed by atoms with E-state index in [4.69, 9.17) is 23.8 Å². The number of Topliss-reactive ketones (excluding diaryl/α,β-unsaturated/α-hetero) is 1. The number of para-hydroxylation sites is 1. The van der Waals surface area contributed by atoms with Crippen molar-refractivity contribution < 1.29 is 9.59 Å². The summed E-state index contributed by atoms with van der Waals surface area (Å²) in [5.74, 6) is 2.06. The van der Waals surface area contributed by atoms with Gasteiger partial charge in [0.15, 0.2) is 5.78 Å². The van der Waals surface area contributed by atoms with Gasteiger partial charge in [-0.05, 0) is 43.2 Å². The number of carbonyl (C=O) groups is 2. The summed E-state index contributed by atoms with van der Waals surface area (Å²) in [6.07, 6.45) is 7.01. The molecule has 5 rings (SSSR count). The normalized spacial score (nSPS) is 21.8. The minimum atomic E-state index is -1.61. The number of nitrogens with two attached hydrogens (primary N) is 1. The summed E-state index contributed by atoms with van der Waals surface area (Å²) in [5.41, 5.74) is 7.83. The fraction of sp³-hybridized carbons (Fsp3) is 0.192. The van der Waals surface area contributed by atoms with Gasteiger partial charge in [0.05, 0.1) is 12.1 Å². The average Bonchev–Trinajstić information content (AvgIpc) is 3.05. The summed E-state index contributed by atoms with van der Waals surface area (Å²) >= 11 is 6.08. The van der Waals surface area contributed by atoms with E-state index >= 15 is 0 Å². The molecule has 6 nitrogen and oxygen atoms in total. The molecule has 0 saturated heterocycles. The van der Waals surface area contributed by atoms with Crippen molar-refractivity contribution in [1.29, 1.82) is 5.26 Å². The first-order valence-electron chi connectivity index (χ1n) is 10.5. The summed E-state index contributed by atoms with van der Waals surface area (Å²) in [5, 5.41) is 10.9. The molecule has 2 aliphatic heterocycles. The van der Waals surface area contributed by atoms with Crippen LogP contribution in [0, 0.1) is 23.7 Å². The molecule has 0 bridgehead atoms. The number of anilines is 2. The van der Waals surface area contributed by atoms with E-state index in [1.165, 1.54) is 4.90 Å². The molecular formula is C26H19ClN4O2. The van der Waals surface area contributed by atoms with Gasteiger partial charge in [0.1, 0.15) is 17.3 Å². The first kappa shape index (κ1) is 20.9. The molecule has 7 heteroatoms. The van der Waals surface area contributed by atoms with Gasteiger partial charge in [0.2, 0.25) is 5.91 Å². The zero-order valence-corrected chi connectivity index (χ0v) is 18.4. The Kier molecular flexibility index (Phi) is 4.78.